The van der Waals surface area contributed by atoms with E-state index in [1.807, 2.05) is 26.8 Å². The highest BCUT2D eigenvalue weighted by Gasteiger charge is 2.19. The molecule has 0 radical (unpaired) electrons. The van der Waals surface area contributed by atoms with Gasteiger partial charge >= 0.3 is 0 Å². The number of benzene rings is 1. The quantitative estimate of drug-likeness (QED) is 0.894. The molecule has 3 N–H and O–H groups in total. The van der Waals surface area contributed by atoms with Gasteiger partial charge in [0.25, 0.3) is 0 Å². The smallest absolute Gasteiger partial charge is 0.237 e. The van der Waals surface area contributed by atoms with Crippen molar-refractivity contribution in [3.63, 3.8) is 0 Å². The van der Waals surface area contributed by atoms with Crippen molar-refractivity contribution in [3.05, 3.63) is 33.8 Å². The second-order valence-corrected chi connectivity index (χ2v) is 5.49. The van der Waals surface area contributed by atoms with E-state index in [1.165, 1.54) is 0 Å². The highest BCUT2D eigenvalue weighted by Crippen LogP contribution is 2.25. The van der Waals surface area contributed by atoms with Gasteiger partial charge in [-0.3, -0.25) is 4.79 Å². The predicted octanol–water partition coefficient (Wildman–Crippen LogP) is 3.15. The van der Waals surface area contributed by atoms with Crippen LogP contribution in [0, 0.1) is 5.92 Å². The molecule has 0 fully saturated rings. The van der Waals surface area contributed by atoms with Crippen molar-refractivity contribution < 1.29 is 4.79 Å². The van der Waals surface area contributed by atoms with E-state index in [1.54, 1.807) is 12.1 Å². The largest absolute Gasteiger partial charge is 0.348 e. The van der Waals surface area contributed by atoms with Gasteiger partial charge in [0.05, 0.1) is 22.1 Å². The van der Waals surface area contributed by atoms with Crippen LogP contribution < -0.4 is 11.1 Å². The molecule has 0 saturated heterocycles. The number of halogens is 2. The summed E-state index contributed by atoms with van der Waals surface area (Å²) in [4.78, 5) is 11.8. The number of nitrogens with two attached hydrogens (primary N) is 1. The van der Waals surface area contributed by atoms with E-state index in [0.29, 0.717) is 10.0 Å². The lowest BCUT2D eigenvalue weighted by Crippen LogP contribution is -2.44. The maximum absolute atomic E-state index is 11.8. The van der Waals surface area contributed by atoms with Gasteiger partial charge in [-0.25, -0.2) is 0 Å². The topological polar surface area (TPSA) is 55.1 Å². The molecule has 0 aliphatic heterocycles. The van der Waals surface area contributed by atoms with Gasteiger partial charge in [0.15, 0.2) is 0 Å². The fraction of sp³-hybridized carbons (Fsp3) is 0.462. The van der Waals surface area contributed by atoms with E-state index in [0.717, 1.165) is 5.56 Å². The molecule has 0 spiro atoms. The summed E-state index contributed by atoms with van der Waals surface area (Å²) in [5.41, 5.74) is 6.68. The minimum absolute atomic E-state index is 0.103. The number of nitrogens with one attached hydrogen (secondary N) is 1. The molecule has 2 atom stereocenters. The van der Waals surface area contributed by atoms with Crippen LogP contribution in [0.3, 0.4) is 0 Å². The summed E-state index contributed by atoms with van der Waals surface area (Å²) in [6.45, 7) is 5.70. The van der Waals surface area contributed by atoms with E-state index in [9.17, 15) is 4.79 Å². The summed E-state index contributed by atoms with van der Waals surface area (Å²) < 4.78 is 0. The van der Waals surface area contributed by atoms with Gasteiger partial charge in [0.2, 0.25) is 5.91 Å². The van der Waals surface area contributed by atoms with E-state index in [4.69, 9.17) is 28.9 Å². The van der Waals surface area contributed by atoms with Crippen molar-refractivity contribution in [2.75, 3.05) is 0 Å². The average Bonchev–Trinajstić information content (AvgIpc) is 2.31. The first-order chi connectivity index (χ1) is 8.32. The Morgan fingerprint density at radius 2 is 1.83 bits per heavy atom. The second kappa shape index (κ2) is 6.41. The van der Waals surface area contributed by atoms with Gasteiger partial charge in [-0.15, -0.1) is 0 Å². The first-order valence-electron chi connectivity index (χ1n) is 5.83. The Hall–Kier alpha value is -0.770. The first kappa shape index (κ1) is 15.3. The van der Waals surface area contributed by atoms with Crippen LogP contribution in [0.5, 0.6) is 0 Å². The van der Waals surface area contributed by atoms with Gasteiger partial charge in [0.1, 0.15) is 0 Å². The number of rotatable bonds is 4. The molecule has 5 heteroatoms. The van der Waals surface area contributed by atoms with Crippen LogP contribution in [0.2, 0.25) is 10.0 Å². The zero-order chi connectivity index (χ0) is 13.9. The number of carbonyl (C=O) groups excluding carboxylic acids is 1. The Bertz CT molecular complexity index is 435. The van der Waals surface area contributed by atoms with Crippen LogP contribution in [0.15, 0.2) is 18.2 Å². The van der Waals surface area contributed by atoms with Crippen LogP contribution >= 0.6 is 23.2 Å². The van der Waals surface area contributed by atoms with Crippen LogP contribution in [-0.4, -0.2) is 11.9 Å². The summed E-state index contributed by atoms with van der Waals surface area (Å²) in [7, 11) is 0. The molecule has 0 aromatic heterocycles. The van der Waals surface area contributed by atoms with Crippen molar-refractivity contribution >= 4 is 29.1 Å². The monoisotopic (exact) mass is 288 g/mol. The van der Waals surface area contributed by atoms with Gasteiger partial charge < -0.3 is 11.1 Å². The molecule has 1 aromatic carbocycles. The Morgan fingerprint density at radius 3 is 2.33 bits per heavy atom. The number of hydrogen-bond acceptors (Lipinski definition) is 2. The Kier molecular flexibility index (Phi) is 5.45. The summed E-state index contributed by atoms with van der Waals surface area (Å²) in [6, 6.07) is 4.63. The molecule has 1 aromatic rings. The summed E-state index contributed by atoms with van der Waals surface area (Å²) in [5.74, 6) is -0.0606. The Balaban J connectivity index is 2.73. The summed E-state index contributed by atoms with van der Waals surface area (Å²) in [5, 5.41) is 3.83. The zero-order valence-corrected chi connectivity index (χ0v) is 12.2. The number of hydrogen-bond donors (Lipinski definition) is 2. The third-order valence-electron chi connectivity index (χ3n) is 2.82. The van der Waals surface area contributed by atoms with Gasteiger partial charge in [0, 0.05) is 0 Å². The lowest BCUT2D eigenvalue weighted by atomic mass is 10.0. The van der Waals surface area contributed by atoms with Crippen LogP contribution in [0.1, 0.15) is 32.4 Å². The minimum Gasteiger partial charge on any atom is -0.348 e. The summed E-state index contributed by atoms with van der Waals surface area (Å²) >= 11 is 11.8. The Labute approximate surface area is 118 Å². The molecule has 1 unspecified atom stereocenters. The molecule has 1 amide bonds. The van der Waals surface area contributed by atoms with Crippen molar-refractivity contribution in [2.24, 2.45) is 11.7 Å². The van der Waals surface area contributed by atoms with Crippen molar-refractivity contribution in [1.82, 2.24) is 5.32 Å². The molecule has 100 valence electrons. The third kappa shape index (κ3) is 3.87. The highest BCUT2D eigenvalue weighted by molar-refractivity contribution is 6.42. The van der Waals surface area contributed by atoms with Crippen LogP contribution in [0.25, 0.3) is 0 Å². The average molecular weight is 289 g/mol. The van der Waals surface area contributed by atoms with Gasteiger partial charge in [-0.05, 0) is 30.5 Å². The van der Waals surface area contributed by atoms with E-state index < -0.39 is 6.04 Å². The first-order valence-corrected chi connectivity index (χ1v) is 6.59. The van der Waals surface area contributed by atoms with Gasteiger partial charge in [-0.1, -0.05) is 43.1 Å². The minimum atomic E-state index is -0.504. The van der Waals surface area contributed by atoms with Crippen LogP contribution in [-0.2, 0) is 4.79 Å². The fourth-order valence-corrected chi connectivity index (χ4v) is 1.78. The van der Waals surface area contributed by atoms with Crippen molar-refractivity contribution in [3.8, 4) is 0 Å². The highest BCUT2D eigenvalue weighted by atomic mass is 35.5. The zero-order valence-electron chi connectivity index (χ0n) is 10.7. The van der Waals surface area contributed by atoms with Gasteiger partial charge in [-0.2, -0.15) is 0 Å². The molecule has 0 aliphatic rings. The third-order valence-corrected chi connectivity index (χ3v) is 3.56. The Morgan fingerprint density at radius 1 is 1.22 bits per heavy atom. The number of carbonyl (C=O) groups is 1. The number of amides is 1. The lowest BCUT2D eigenvalue weighted by Gasteiger charge is -2.20. The van der Waals surface area contributed by atoms with Crippen LogP contribution in [0.4, 0.5) is 0 Å². The van der Waals surface area contributed by atoms with E-state index in [2.05, 4.69) is 5.32 Å². The maximum atomic E-state index is 11.8. The molecule has 0 heterocycles. The molecular formula is C13H18Cl2N2O. The SMILES string of the molecule is CC(NC(=O)[C@@H](N)C(C)C)c1ccc(Cl)c(Cl)c1. The molecule has 18 heavy (non-hydrogen) atoms. The molecule has 0 aliphatic carbocycles. The molecule has 0 bridgehead atoms. The fourth-order valence-electron chi connectivity index (χ4n) is 1.48. The van der Waals surface area contributed by atoms with E-state index >= 15 is 0 Å². The standard InChI is InChI=1S/C13H18Cl2N2O/c1-7(2)12(16)13(18)17-8(3)9-4-5-10(14)11(15)6-9/h4-8,12H,16H2,1-3H3,(H,17,18)/t8?,12-/m0/s1. The predicted molar refractivity (Wildman–Crippen MR) is 75.8 cm³/mol. The molecule has 1 rings (SSSR count). The van der Waals surface area contributed by atoms with Crippen molar-refractivity contribution in [2.45, 2.75) is 32.9 Å². The lowest BCUT2D eigenvalue weighted by molar-refractivity contribution is -0.123. The maximum Gasteiger partial charge on any atom is 0.237 e. The van der Waals surface area contributed by atoms with E-state index in [-0.39, 0.29) is 17.9 Å². The second-order valence-electron chi connectivity index (χ2n) is 4.67. The molecular weight excluding hydrogens is 271 g/mol. The molecule has 3 nitrogen and oxygen atoms in total. The van der Waals surface area contributed by atoms with Crippen molar-refractivity contribution in [1.29, 1.82) is 0 Å². The normalized spacial score (nSPS) is 14.4. The summed E-state index contributed by atoms with van der Waals surface area (Å²) in [6.07, 6.45) is 0. The molecule has 0 saturated carbocycles.